The quantitative estimate of drug-likeness (QED) is 0.704. The van der Waals surface area contributed by atoms with Crippen LogP contribution >= 0.6 is 0 Å². The van der Waals surface area contributed by atoms with Gasteiger partial charge in [0.05, 0.1) is 12.1 Å². The third kappa shape index (κ3) is 3.81. The fraction of sp³-hybridized carbons (Fsp3) is 0.917. The molecule has 2 atom stereocenters. The Morgan fingerprint density at radius 2 is 1.80 bits per heavy atom. The Morgan fingerprint density at radius 1 is 1.20 bits per heavy atom. The molecule has 1 aliphatic rings. The van der Waals surface area contributed by atoms with Gasteiger partial charge in [-0.05, 0) is 12.8 Å². The number of hydrogen-bond donors (Lipinski definition) is 0. The first-order valence-corrected chi connectivity index (χ1v) is 6.03. The summed E-state index contributed by atoms with van der Waals surface area (Å²) in [5, 5.41) is 8.83. The molecule has 0 aromatic heterocycles. The Bertz CT molecular complexity index is 213. The van der Waals surface area contributed by atoms with Crippen LogP contribution in [0.4, 0.5) is 0 Å². The Hall–Kier alpha value is -0.590. The van der Waals surface area contributed by atoms with Crippen molar-refractivity contribution in [1.29, 1.82) is 5.26 Å². The molecule has 86 valence electrons. The Balaban J connectivity index is 2.27. The zero-order chi connectivity index (χ0) is 11.3. The normalized spacial score (nSPS) is 23.3. The fourth-order valence-corrected chi connectivity index (χ4v) is 1.98. The van der Waals surface area contributed by atoms with Crippen molar-refractivity contribution in [3.05, 3.63) is 0 Å². The van der Waals surface area contributed by atoms with Crippen LogP contribution in [0.25, 0.3) is 0 Å². The van der Waals surface area contributed by atoms with Crippen LogP contribution < -0.4 is 0 Å². The van der Waals surface area contributed by atoms with E-state index in [0.717, 1.165) is 32.1 Å². The Kier molecular flexibility index (Phi) is 5.07. The summed E-state index contributed by atoms with van der Waals surface area (Å²) in [6, 6.07) is 2.39. The van der Waals surface area contributed by atoms with Gasteiger partial charge in [-0.2, -0.15) is 5.26 Å². The molecule has 0 N–H and O–H groups in total. The third-order valence-electron chi connectivity index (χ3n) is 3.41. The molecule has 0 aliphatic carbocycles. The van der Waals surface area contributed by atoms with Gasteiger partial charge in [0.25, 0.3) is 0 Å². The summed E-state index contributed by atoms with van der Waals surface area (Å²) >= 11 is 0. The van der Waals surface area contributed by atoms with Crippen LogP contribution in [0.1, 0.15) is 27.2 Å². The van der Waals surface area contributed by atoms with Crippen molar-refractivity contribution in [1.82, 2.24) is 9.80 Å². The minimum Gasteiger partial charge on any atom is -0.301 e. The van der Waals surface area contributed by atoms with Crippen LogP contribution in [0.3, 0.4) is 0 Å². The van der Waals surface area contributed by atoms with Gasteiger partial charge in [0.2, 0.25) is 0 Å². The lowest BCUT2D eigenvalue weighted by molar-refractivity contribution is 0.108. The van der Waals surface area contributed by atoms with Crippen LogP contribution in [0.2, 0.25) is 0 Å². The second kappa shape index (κ2) is 6.09. The van der Waals surface area contributed by atoms with Gasteiger partial charge in [-0.15, -0.1) is 0 Å². The summed E-state index contributed by atoms with van der Waals surface area (Å²) in [6.07, 6.45) is 1.26. The van der Waals surface area contributed by atoms with Crippen molar-refractivity contribution < 1.29 is 0 Å². The molecule has 15 heavy (non-hydrogen) atoms. The maximum atomic E-state index is 8.83. The second-order valence-corrected chi connectivity index (χ2v) is 4.66. The lowest BCUT2D eigenvalue weighted by atomic mass is 10.1. The number of rotatable bonds is 4. The maximum Gasteiger partial charge on any atom is 0.0950 e. The molecular formula is C12H23N3. The van der Waals surface area contributed by atoms with E-state index in [0.29, 0.717) is 0 Å². The van der Waals surface area contributed by atoms with Gasteiger partial charge in [-0.3, -0.25) is 4.90 Å². The predicted octanol–water partition coefficient (Wildman–Crippen LogP) is 1.56. The molecule has 3 heteroatoms. The summed E-state index contributed by atoms with van der Waals surface area (Å²) in [4.78, 5) is 4.79. The number of piperazine rings is 1. The molecule has 0 spiro atoms. The zero-order valence-corrected chi connectivity index (χ0v) is 10.2. The first-order chi connectivity index (χ1) is 7.17. The molecule has 1 heterocycles. The molecule has 0 bridgehead atoms. The predicted molar refractivity (Wildman–Crippen MR) is 62.5 cm³/mol. The first-order valence-electron chi connectivity index (χ1n) is 6.03. The number of nitriles is 1. The summed E-state index contributed by atoms with van der Waals surface area (Å²) in [7, 11) is 0. The van der Waals surface area contributed by atoms with Crippen molar-refractivity contribution in [2.75, 3.05) is 32.7 Å². The van der Waals surface area contributed by atoms with Crippen molar-refractivity contribution in [2.24, 2.45) is 5.92 Å². The SMILES string of the molecule is CCC(C)CN1CCN(C(C)C#N)CC1. The van der Waals surface area contributed by atoms with E-state index < -0.39 is 0 Å². The van der Waals surface area contributed by atoms with Crippen molar-refractivity contribution >= 4 is 0 Å². The Labute approximate surface area is 93.7 Å². The number of hydrogen-bond acceptors (Lipinski definition) is 3. The lowest BCUT2D eigenvalue weighted by Crippen LogP contribution is -2.50. The minimum absolute atomic E-state index is 0.0794. The average molecular weight is 209 g/mol. The largest absolute Gasteiger partial charge is 0.301 e. The highest BCUT2D eigenvalue weighted by Gasteiger charge is 2.21. The molecule has 0 radical (unpaired) electrons. The Morgan fingerprint density at radius 3 is 2.27 bits per heavy atom. The number of nitrogens with zero attached hydrogens (tertiary/aromatic N) is 3. The monoisotopic (exact) mass is 209 g/mol. The molecule has 0 saturated carbocycles. The minimum atomic E-state index is 0.0794. The van der Waals surface area contributed by atoms with E-state index in [2.05, 4.69) is 29.7 Å². The van der Waals surface area contributed by atoms with E-state index in [1.807, 2.05) is 6.92 Å². The summed E-state index contributed by atoms with van der Waals surface area (Å²) in [6.45, 7) is 12.1. The highest BCUT2D eigenvalue weighted by molar-refractivity contribution is 4.90. The molecule has 0 amide bonds. The molecule has 1 fully saturated rings. The van der Waals surface area contributed by atoms with Gasteiger partial charge in [0.1, 0.15) is 0 Å². The first kappa shape index (κ1) is 12.5. The standard InChI is InChI=1S/C12H23N3/c1-4-11(2)10-14-5-7-15(8-6-14)12(3)9-13/h11-12H,4-8,10H2,1-3H3. The van der Waals surface area contributed by atoms with Gasteiger partial charge in [0.15, 0.2) is 0 Å². The molecule has 1 saturated heterocycles. The zero-order valence-electron chi connectivity index (χ0n) is 10.2. The van der Waals surface area contributed by atoms with Crippen LogP contribution in [-0.2, 0) is 0 Å². The van der Waals surface area contributed by atoms with E-state index in [9.17, 15) is 0 Å². The molecule has 3 nitrogen and oxygen atoms in total. The summed E-state index contributed by atoms with van der Waals surface area (Å²) in [5.74, 6) is 0.796. The molecule has 1 aliphatic heterocycles. The highest BCUT2D eigenvalue weighted by Crippen LogP contribution is 2.09. The maximum absolute atomic E-state index is 8.83. The van der Waals surface area contributed by atoms with E-state index in [1.165, 1.54) is 13.0 Å². The van der Waals surface area contributed by atoms with Crippen molar-refractivity contribution in [3.8, 4) is 6.07 Å². The highest BCUT2D eigenvalue weighted by atomic mass is 15.3. The molecule has 1 rings (SSSR count). The molecule has 2 unspecified atom stereocenters. The van der Waals surface area contributed by atoms with Crippen LogP contribution in [0, 0.1) is 17.2 Å². The summed E-state index contributed by atoms with van der Waals surface area (Å²) in [5.41, 5.74) is 0. The molecular weight excluding hydrogens is 186 g/mol. The molecule has 0 aromatic rings. The van der Waals surface area contributed by atoms with E-state index in [1.54, 1.807) is 0 Å². The molecule has 0 aromatic carbocycles. The van der Waals surface area contributed by atoms with Crippen LogP contribution in [-0.4, -0.2) is 48.6 Å². The third-order valence-corrected chi connectivity index (χ3v) is 3.41. The van der Waals surface area contributed by atoms with Gasteiger partial charge in [-0.1, -0.05) is 20.3 Å². The topological polar surface area (TPSA) is 30.3 Å². The van der Waals surface area contributed by atoms with Gasteiger partial charge in [0, 0.05) is 32.7 Å². The van der Waals surface area contributed by atoms with E-state index >= 15 is 0 Å². The average Bonchev–Trinajstić information content (AvgIpc) is 2.29. The lowest BCUT2D eigenvalue weighted by Gasteiger charge is -2.36. The van der Waals surface area contributed by atoms with Crippen molar-refractivity contribution in [2.45, 2.75) is 33.2 Å². The second-order valence-electron chi connectivity index (χ2n) is 4.66. The van der Waals surface area contributed by atoms with Crippen LogP contribution in [0.15, 0.2) is 0 Å². The van der Waals surface area contributed by atoms with Crippen molar-refractivity contribution in [3.63, 3.8) is 0 Å². The smallest absolute Gasteiger partial charge is 0.0950 e. The van der Waals surface area contributed by atoms with Gasteiger partial charge < -0.3 is 4.90 Å². The van der Waals surface area contributed by atoms with E-state index in [4.69, 9.17) is 5.26 Å². The fourth-order valence-electron chi connectivity index (χ4n) is 1.98. The van der Waals surface area contributed by atoms with Crippen LogP contribution in [0.5, 0.6) is 0 Å². The van der Waals surface area contributed by atoms with Gasteiger partial charge >= 0.3 is 0 Å². The van der Waals surface area contributed by atoms with Gasteiger partial charge in [-0.25, -0.2) is 0 Å². The van der Waals surface area contributed by atoms with E-state index in [-0.39, 0.29) is 6.04 Å². The summed E-state index contributed by atoms with van der Waals surface area (Å²) < 4.78 is 0.